The van der Waals surface area contributed by atoms with E-state index in [1.807, 2.05) is 0 Å². The molecule has 0 heterocycles. The number of hydrogen-bond acceptors (Lipinski definition) is 3. The molecule has 0 aliphatic rings. The highest BCUT2D eigenvalue weighted by Crippen LogP contribution is 2.15. The normalized spacial score (nSPS) is 12.6. The summed E-state index contributed by atoms with van der Waals surface area (Å²) in [6.07, 6.45) is -0.213. The second-order valence-corrected chi connectivity index (χ2v) is 4.65. The van der Waals surface area contributed by atoms with Crippen molar-refractivity contribution in [3.8, 4) is 0 Å². The van der Waals surface area contributed by atoms with Crippen molar-refractivity contribution in [2.45, 2.75) is 31.8 Å². The van der Waals surface area contributed by atoms with Crippen molar-refractivity contribution >= 4 is 17.0 Å². The smallest absolute Gasteiger partial charge is 0.338 e. The van der Waals surface area contributed by atoms with Crippen LogP contribution >= 0.6 is 0 Å². The highest BCUT2D eigenvalue weighted by Gasteiger charge is 2.14. The summed E-state index contributed by atoms with van der Waals surface area (Å²) in [6.45, 7) is 5.25. The van der Waals surface area contributed by atoms with Gasteiger partial charge in [0, 0.05) is 0 Å². The monoisotopic (exact) mass is 242 g/mol. The van der Waals surface area contributed by atoms with Gasteiger partial charge in [0.2, 0.25) is 0 Å². The summed E-state index contributed by atoms with van der Waals surface area (Å²) in [5.74, 6) is -0.472. The molecule has 0 fully saturated rings. The minimum atomic E-state index is -2.08. The minimum absolute atomic E-state index is 0.196. The quantitative estimate of drug-likeness (QED) is 0.651. The Morgan fingerprint density at radius 3 is 2.56 bits per heavy atom. The topological polar surface area (TPSA) is 63.6 Å². The van der Waals surface area contributed by atoms with Gasteiger partial charge in [-0.2, -0.15) is 0 Å². The van der Waals surface area contributed by atoms with E-state index in [0.29, 0.717) is 5.56 Å². The maximum Gasteiger partial charge on any atom is 0.338 e. The molecule has 88 valence electrons. The minimum Gasteiger partial charge on any atom is -0.459 e. The molecule has 1 N–H and O–H groups in total. The van der Waals surface area contributed by atoms with Crippen molar-refractivity contribution in [2.75, 3.05) is 0 Å². The predicted octanol–water partition coefficient (Wildman–Crippen LogP) is 2.14. The van der Waals surface area contributed by atoms with Gasteiger partial charge in [0.05, 0.1) is 16.6 Å². The molecule has 5 heteroatoms. The molecule has 0 aliphatic heterocycles. The van der Waals surface area contributed by atoms with Crippen molar-refractivity contribution in [3.05, 3.63) is 29.3 Å². The van der Waals surface area contributed by atoms with E-state index in [9.17, 15) is 9.00 Å². The molecule has 0 bridgehead atoms. The highest BCUT2D eigenvalue weighted by atomic mass is 32.2. The van der Waals surface area contributed by atoms with Crippen LogP contribution in [0.3, 0.4) is 0 Å². The van der Waals surface area contributed by atoms with Gasteiger partial charge in [0.25, 0.3) is 0 Å². The second kappa shape index (κ2) is 5.23. The molecule has 16 heavy (non-hydrogen) atoms. The maximum atomic E-state index is 11.6. The summed E-state index contributed by atoms with van der Waals surface area (Å²) in [6, 6.07) is 4.52. The first-order chi connectivity index (χ1) is 7.41. The summed E-state index contributed by atoms with van der Waals surface area (Å²) in [4.78, 5) is 11.8. The van der Waals surface area contributed by atoms with E-state index in [-0.39, 0.29) is 11.0 Å². The number of ether oxygens (including phenoxy) is 1. The number of rotatable bonds is 3. The van der Waals surface area contributed by atoms with E-state index in [2.05, 4.69) is 0 Å². The fourth-order valence-corrected chi connectivity index (χ4v) is 1.61. The van der Waals surface area contributed by atoms with Crippen molar-refractivity contribution in [1.82, 2.24) is 0 Å². The number of carbonyl (C=O) groups is 1. The van der Waals surface area contributed by atoms with Crippen molar-refractivity contribution in [3.63, 3.8) is 0 Å². The number of carbonyl (C=O) groups excluding carboxylic acids is 1. The number of benzene rings is 1. The molecule has 0 saturated heterocycles. The lowest BCUT2D eigenvalue weighted by Crippen LogP contribution is -2.13. The van der Waals surface area contributed by atoms with Gasteiger partial charge in [-0.3, -0.25) is 0 Å². The van der Waals surface area contributed by atoms with Gasteiger partial charge in [-0.05, 0) is 38.5 Å². The van der Waals surface area contributed by atoms with E-state index in [1.54, 1.807) is 26.8 Å². The zero-order chi connectivity index (χ0) is 12.3. The van der Waals surface area contributed by atoms with Crippen LogP contribution in [0.15, 0.2) is 23.1 Å². The Morgan fingerprint density at radius 2 is 2.06 bits per heavy atom. The first-order valence-electron chi connectivity index (χ1n) is 4.84. The van der Waals surface area contributed by atoms with Crippen LogP contribution in [-0.4, -0.2) is 20.8 Å². The molecule has 1 aromatic rings. The third-order valence-corrected chi connectivity index (χ3v) is 2.63. The Hall–Kier alpha value is -1.20. The molecule has 4 nitrogen and oxygen atoms in total. The first kappa shape index (κ1) is 12.9. The summed E-state index contributed by atoms with van der Waals surface area (Å²) < 4.78 is 24.8. The van der Waals surface area contributed by atoms with Crippen LogP contribution in [0.4, 0.5) is 0 Å². The third-order valence-electron chi connectivity index (χ3n) is 1.97. The van der Waals surface area contributed by atoms with E-state index in [4.69, 9.17) is 9.29 Å². The van der Waals surface area contributed by atoms with Gasteiger partial charge in [0.15, 0.2) is 11.1 Å². The Balaban J connectivity index is 3.07. The van der Waals surface area contributed by atoms with Crippen LogP contribution < -0.4 is 0 Å². The summed E-state index contributed by atoms with van der Waals surface area (Å²) in [7, 11) is 0. The van der Waals surface area contributed by atoms with E-state index < -0.39 is 17.0 Å². The molecule has 1 aromatic carbocycles. The van der Waals surface area contributed by atoms with E-state index >= 15 is 0 Å². The zero-order valence-electron chi connectivity index (χ0n) is 9.39. The van der Waals surface area contributed by atoms with Crippen LogP contribution in [-0.2, 0) is 15.8 Å². The van der Waals surface area contributed by atoms with E-state index in [0.717, 1.165) is 5.56 Å². The molecular weight excluding hydrogens is 228 g/mol. The predicted molar refractivity (Wildman–Crippen MR) is 60.8 cm³/mol. The average Bonchev–Trinajstić information content (AvgIpc) is 2.16. The molecule has 1 atom stereocenters. The Kier molecular flexibility index (Phi) is 4.20. The number of hydrogen-bond donors (Lipinski definition) is 1. The van der Waals surface area contributed by atoms with Crippen molar-refractivity contribution in [2.24, 2.45) is 0 Å². The van der Waals surface area contributed by atoms with Crippen LogP contribution in [0.25, 0.3) is 0 Å². The molecule has 0 amide bonds. The lowest BCUT2D eigenvalue weighted by molar-refractivity contribution is 0.0377. The van der Waals surface area contributed by atoms with Crippen LogP contribution in [0.1, 0.15) is 29.8 Å². The summed E-state index contributed by atoms with van der Waals surface area (Å²) >= 11 is -2.08. The SMILES string of the molecule is Cc1ccc(S(=O)O)cc1C(=O)OC(C)C. The number of esters is 1. The maximum absolute atomic E-state index is 11.6. The van der Waals surface area contributed by atoms with Gasteiger partial charge < -0.3 is 9.29 Å². The fraction of sp³-hybridized carbons (Fsp3) is 0.364. The molecule has 1 unspecified atom stereocenters. The zero-order valence-corrected chi connectivity index (χ0v) is 10.2. The van der Waals surface area contributed by atoms with E-state index in [1.165, 1.54) is 12.1 Å². The average molecular weight is 242 g/mol. The van der Waals surface area contributed by atoms with Crippen molar-refractivity contribution < 1.29 is 18.3 Å². The van der Waals surface area contributed by atoms with Gasteiger partial charge in [-0.15, -0.1) is 0 Å². The van der Waals surface area contributed by atoms with Crippen LogP contribution in [0.5, 0.6) is 0 Å². The number of aryl methyl sites for hydroxylation is 1. The Morgan fingerprint density at radius 1 is 1.44 bits per heavy atom. The largest absolute Gasteiger partial charge is 0.459 e. The lowest BCUT2D eigenvalue weighted by Gasteiger charge is -2.10. The molecule has 0 aromatic heterocycles. The summed E-state index contributed by atoms with van der Waals surface area (Å²) in [5, 5.41) is 0. The molecule has 0 spiro atoms. The van der Waals surface area contributed by atoms with Crippen LogP contribution in [0, 0.1) is 6.92 Å². The Labute approximate surface area is 96.9 Å². The second-order valence-electron chi connectivity index (χ2n) is 3.68. The van der Waals surface area contributed by atoms with Gasteiger partial charge in [-0.25, -0.2) is 9.00 Å². The molecule has 0 saturated carbocycles. The molecule has 0 aliphatic carbocycles. The molecule has 1 rings (SSSR count). The van der Waals surface area contributed by atoms with Gasteiger partial charge >= 0.3 is 5.97 Å². The van der Waals surface area contributed by atoms with Gasteiger partial charge in [-0.1, -0.05) is 6.07 Å². The van der Waals surface area contributed by atoms with Crippen molar-refractivity contribution in [1.29, 1.82) is 0 Å². The first-order valence-corrected chi connectivity index (χ1v) is 5.95. The highest BCUT2D eigenvalue weighted by molar-refractivity contribution is 7.79. The van der Waals surface area contributed by atoms with Crippen LogP contribution in [0.2, 0.25) is 0 Å². The molecular formula is C11H14O4S. The Bertz CT molecular complexity index is 426. The lowest BCUT2D eigenvalue weighted by atomic mass is 10.1. The molecule has 0 radical (unpaired) electrons. The third kappa shape index (κ3) is 3.15. The van der Waals surface area contributed by atoms with Gasteiger partial charge in [0.1, 0.15) is 0 Å². The standard InChI is InChI=1S/C11H14O4S/c1-7(2)15-11(12)10-6-9(16(13)14)5-4-8(10)3/h4-7H,1-3H3,(H,13,14). The fourth-order valence-electron chi connectivity index (χ4n) is 1.21. The summed E-state index contributed by atoms with van der Waals surface area (Å²) in [5.41, 5.74) is 1.05.